The minimum atomic E-state index is -0.768. The van der Waals surface area contributed by atoms with Gasteiger partial charge < -0.3 is 14.2 Å². The van der Waals surface area contributed by atoms with E-state index in [1.165, 1.54) is 6.42 Å². The average Bonchev–Trinajstić information content (AvgIpc) is 2.89. The Hall–Kier alpha value is -2.58. The number of anilines is 2. The maximum absolute atomic E-state index is 11.6. The number of hydrogen-bond acceptors (Lipinski definition) is 7. The molecule has 2 aromatic rings. The van der Waals surface area contributed by atoms with Gasteiger partial charge in [0, 0.05) is 19.2 Å². The summed E-state index contributed by atoms with van der Waals surface area (Å²) in [5.74, 6) is 0.258. The second kappa shape index (κ2) is 6.04. The maximum atomic E-state index is 11.6. The number of aromatic nitrogens is 3. The fraction of sp³-hybridized carbons (Fsp3) is 0.538. The molecule has 3 rings (SSSR count). The SMILES string of the molecule is CCOC(=O)Nc1cc(N2CCCCC2)nc2nc(=O)on12. The topological polar surface area (TPSA) is 102 Å². The van der Waals surface area contributed by atoms with Crippen LogP contribution in [0.3, 0.4) is 0 Å². The second-order valence-electron chi connectivity index (χ2n) is 4.96. The Kier molecular flexibility index (Phi) is 3.94. The van der Waals surface area contributed by atoms with E-state index in [9.17, 15) is 9.59 Å². The van der Waals surface area contributed by atoms with Crippen molar-refractivity contribution in [2.75, 3.05) is 29.9 Å². The van der Waals surface area contributed by atoms with E-state index in [1.54, 1.807) is 13.0 Å². The summed E-state index contributed by atoms with van der Waals surface area (Å²) >= 11 is 0. The minimum absolute atomic E-state index is 0.111. The molecule has 9 nitrogen and oxygen atoms in total. The predicted octanol–water partition coefficient (Wildman–Crippen LogP) is 1.24. The molecule has 0 aromatic carbocycles. The van der Waals surface area contributed by atoms with Crippen LogP contribution in [-0.2, 0) is 4.74 Å². The van der Waals surface area contributed by atoms with Gasteiger partial charge in [-0.25, -0.2) is 9.59 Å². The van der Waals surface area contributed by atoms with Gasteiger partial charge in [0.1, 0.15) is 5.82 Å². The number of ether oxygens (including phenoxy) is 1. The van der Waals surface area contributed by atoms with Crippen molar-refractivity contribution in [1.82, 2.24) is 14.5 Å². The molecule has 0 saturated carbocycles. The van der Waals surface area contributed by atoms with Crippen molar-refractivity contribution in [3.63, 3.8) is 0 Å². The summed E-state index contributed by atoms with van der Waals surface area (Å²) < 4.78 is 10.9. The predicted molar refractivity (Wildman–Crippen MR) is 78.2 cm³/mol. The van der Waals surface area contributed by atoms with Gasteiger partial charge in [0.15, 0.2) is 5.82 Å². The normalized spacial score (nSPS) is 15.0. The highest BCUT2D eigenvalue weighted by Gasteiger charge is 2.18. The van der Waals surface area contributed by atoms with Crippen LogP contribution in [0, 0.1) is 0 Å². The number of hydrogen-bond donors (Lipinski definition) is 1. The summed E-state index contributed by atoms with van der Waals surface area (Å²) in [7, 11) is 0. The number of amides is 1. The van der Waals surface area contributed by atoms with Gasteiger partial charge in [0.25, 0.3) is 5.78 Å². The number of piperidine rings is 1. The van der Waals surface area contributed by atoms with E-state index < -0.39 is 11.8 Å². The van der Waals surface area contributed by atoms with Gasteiger partial charge in [-0.3, -0.25) is 5.32 Å². The largest absolute Gasteiger partial charge is 0.461 e. The van der Waals surface area contributed by atoms with Crippen LogP contribution in [0.25, 0.3) is 5.78 Å². The maximum Gasteiger partial charge on any atom is 0.461 e. The van der Waals surface area contributed by atoms with Crippen LogP contribution in [0.2, 0.25) is 0 Å². The van der Waals surface area contributed by atoms with Crippen molar-refractivity contribution in [3.05, 3.63) is 16.6 Å². The molecule has 2 aromatic heterocycles. The lowest BCUT2D eigenvalue weighted by atomic mass is 10.1. The summed E-state index contributed by atoms with van der Waals surface area (Å²) in [4.78, 5) is 33.1. The fourth-order valence-corrected chi connectivity index (χ4v) is 2.45. The van der Waals surface area contributed by atoms with Crippen LogP contribution in [-0.4, -0.2) is 40.3 Å². The number of carbonyl (C=O) groups is 1. The molecular weight excluding hydrogens is 290 g/mol. The van der Waals surface area contributed by atoms with Gasteiger partial charge >= 0.3 is 11.8 Å². The van der Waals surface area contributed by atoms with Crippen LogP contribution in [0.4, 0.5) is 16.4 Å². The summed E-state index contributed by atoms with van der Waals surface area (Å²) in [5, 5.41) is 2.54. The molecule has 0 radical (unpaired) electrons. The molecule has 1 aliphatic heterocycles. The van der Waals surface area contributed by atoms with Gasteiger partial charge in [0.05, 0.1) is 6.61 Å². The Morgan fingerprint density at radius 2 is 2.14 bits per heavy atom. The van der Waals surface area contributed by atoms with Gasteiger partial charge in [-0.1, -0.05) is 0 Å². The third-order valence-electron chi connectivity index (χ3n) is 3.43. The molecule has 9 heteroatoms. The lowest BCUT2D eigenvalue weighted by Gasteiger charge is -2.27. The lowest BCUT2D eigenvalue weighted by molar-refractivity contribution is 0.167. The molecule has 1 fully saturated rings. The number of nitrogens with one attached hydrogen (secondary N) is 1. The number of carbonyl (C=O) groups excluding carboxylic acids is 1. The number of nitrogens with zero attached hydrogens (tertiary/aromatic N) is 4. The van der Waals surface area contributed by atoms with Crippen LogP contribution in [0.5, 0.6) is 0 Å². The zero-order valence-corrected chi connectivity index (χ0v) is 12.2. The molecule has 0 atom stereocenters. The Balaban J connectivity index is 1.99. The molecule has 22 heavy (non-hydrogen) atoms. The summed E-state index contributed by atoms with van der Waals surface area (Å²) in [5.41, 5.74) is 0. The van der Waals surface area contributed by atoms with Crippen LogP contribution >= 0.6 is 0 Å². The quantitative estimate of drug-likeness (QED) is 0.910. The van der Waals surface area contributed by atoms with E-state index in [1.807, 2.05) is 0 Å². The van der Waals surface area contributed by atoms with E-state index in [0.717, 1.165) is 30.5 Å². The Morgan fingerprint density at radius 3 is 2.86 bits per heavy atom. The molecule has 1 amide bonds. The zero-order chi connectivity index (χ0) is 15.5. The monoisotopic (exact) mass is 307 g/mol. The van der Waals surface area contributed by atoms with Gasteiger partial charge in [-0.2, -0.15) is 4.98 Å². The second-order valence-corrected chi connectivity index (χ2v) is 4.96. The van der Waals surface area contributed by atoms with Gasteiger partial charge in [-0.05, 0) is 26.2 Å². The molecule has 0 aliphatic carbocycles. The molecule has 118 valence electrons. The highest BCUT2D eigenvalue weighted by Crippen LogP contribution is 2.22. The summed E-state index contributed by atoms with van der Waals surface area (Å²) in [6, 6.07) is 1.65. The molecular formula is C13H17N5O4. The van der Waals surface area contributed by atoms with Crippen LogP contribution < -0.4 is 16.0 Å². The minimum Gasteiger partial charge on any atom is -0.450 e. The fourth-order valence-electron chi connectivity index (χ4n) is 2.45. The smallest absolute Gasteiger partial charge is 0.450 e. The van der Waals surface area contributed by atoms with Crippen LogP contribution in [0.1, 0.15) is 26.2 Å². The first kappa shape index (κ1) is 14.4. The van der Waals surface area contributed by atoms with E-state index >= 15 is 0 Å². The zero-order valence-electron chi connectivity index (χ0n) is 12.2. The first-order chi connectivity index (χ1) is 10.7. The van der Waals surface area contributed by atoms with Crippen LogP contribution in [0.15, 0.2) is 15.4 Å². The lowest BCUT2D eigenvalue weighted by Crippen LogP contribution is -2.30. The number of fused-ring (bicyclic) bond motifs is 1. The van der Waals surface area contributed by atoms with E-state index in [0.29, 0.717) is 5.82 Å². The third kappa shape index (κ3) is 2.87. The van der Waals surface area contributed by atoms with Crippen molar-refractivity contribution in [2.24, 2.45) is 0 Å². The van der Waals surface area contributed by atoms with Crippen molar-refractivity contribution in [2.45, 2.75) is 26.2 Å². The van der Waals surface area contributed by atoms with Crippen molar-refractivity contribution >= 4 is 23.5 Å². The van der Waals surface area contributed by atoms with Gasteiger partial charge in [0.2, 0.25) is 0 Å². The standard InChI is InChI=1S/C13H17N5O4/c1-2-21-12(19)15-10-8-9(17-6-4-3-5-7-17)14-11-16-13(20)22-18(10)11/h8H,2-7H2,1H3,(H,15,19). The molecule has 1 saturated heterocycles. The first-order valence-electron chi connectivity index (χ1n) is 7.27. The Morgan fingerprint density at radius 1 is 1.36 bits per heavy atom. The molecule has 0 unspecified atom stereocenters. The van der Waals surface area contributed by atoms with E-state index in [4.69, 9.17) is 9.26 Å². The average molecular weight is 307 g/mol. The van der Waals surface area contributed by atoms with Crippen molar-refractivity contribution in [1.29, 1.82) is 0 Å². The molecule has 1 N–H and O–H groups in total. The highest BCUT2D eigenvalue weighted by atomic mass is 16.6. The molecule has 3 heterocycles. The van der Waals surface area contributed by atoms with Gasteiger partial charge in [-0.15, -0.1) is 9.56 Å². The van der Waals surface area contributed by atoms with Crippen molar-refractivity contribution in [3.8, 4) is 0 Å². The number of rotatable bonds is 3. The Bertz CT molecular complexity index is 732. The third-order valence-corrected chi connectivity index (χ3v) is 3.43. The van der Waals surface area contributed by atoms with E-state index in [-0.39, 0.29) is 18.2 Å². The van der Waals surface area contributed by atoms with Crippen molar-refractivity contribution < 1.29 is 14.1 Å². The van der Waals surface area contributed by atoms with E-state index in [2.05, 4.69) is 20.2 Å². The molecule has 1 aliphatic rings. The summed E-state index contributed by atoms with van der Waals surface area (Å²) in [6.07, 6.45) is 2.73. The highest BCUT2D eigenvalue weighted by molar-refractivity contribution is 5.84. The molecule has 0 spiro atoms. The Labute approximate surface area is 125 Å². The molecule has 0 bridgehead atoms. The summed E-state index contributed by atoms with van der Waals surface area (Å²) in [6.45, 7) is 3.71. The first-order valence-corrected chi connectivity index (χ1v) is 7.27.